The Morgan fingerprint density at radius 1 is 1.07 bits per heavy atom. The Kier molecular flexibility index (Phi) is 18.4. The first-order chi connectivity index (χ1) is 26.6. The lowest BCUT2D eigenvalue weighted by atomic mass is 9.87. The van der Waals surface area contributed by atoms with Gasteiger partial charge in [-0.25, -0.2) is 28.6 Å². The lowest BCUT2D eigenvalue weighted by molar-refractivity contribution is -0.137. The van der Waals surface area contributed by atoms with E-state index in [4.69, 9.17) is 19.5 Å². The Bertz CT molecular complexity index is 1860. The molecule has 0 aliphatic carbocycles. The molecule has 0 spiro atoms. The van der Waals surface area contributed by atoms with E-state index in [0.29, 0.717) is 5.75 Å². The van der Waals surface area contributed by atoms with E-state index in [1.54, 1.807) is 0 Å². The fourth-order valence-corrected chi connectivity index (χ4v) is 8.45. The molecule has 24 nitrogen and oxygen atoms in total. The summed E-state index contributed by atoms with van der Waals surface area (Å²) in [6, 6.07) is 0. The highest BCUT2D eigenvalue weighted by atomic mass is 32.2. The van der Waals surface area contributed by atoms with Crippen LogP contribution in [-0.2, 0) is 50.7 Å². The van der Waals surface area contributed by atoms with Gasteiger partial charge in [-0.2, -0.15) is 4.31 Å². The summed E-state index contributed by atoms with van der Waals surface area (Å²) in [7, 11) is -16.4. The number of ether oxygens (including phenoxy) is 1. The molecule has 0 radical (unpaired) electrons. The molecule has 2 aromatic heterocycles. The van der Waals surface area contributed by atoms with E-state index < -0.39 is 84.6 Å². The van der Waals surface area contributed by atoms with Crippen LogP contribution < -0.4 is 16.4 Å². The fraction of sp³-hybridized carbons (Fsp3) is 0.655. The second kappa shape index (κ2) is 21.5. The Morgan fingerprint density at radius 3 is 2.46 bits per heavy atom. The number of aliphatic hydroxyl groups excluding tert-OH is 2. The maximum absolute atomic E-state index is 12.7. The van der Waals surface area contributed by atoms with E-state index in [-0.39, 0.29) is 41.6 Å². The highest BCUT2D eigenvalue weighted by Crippen LogP contribution is 2.61. The fourth-order valence-electron chi connectivity index (χ4n) is 5.02. The van der Waals surface area contributed by atoms with E-state index in [9.17, 15) is 57.9 Å². The number of anilines is 1. The minimum Gasteiger partial charge on any atom is -0.386 e. The number of allylic oxidation sites excluding steroid dienone is 1. The summed E-state index contributed by atoms with van der Waals surface area (Å²) in [6.45, 7) is 2.59. The third-order valence-electron chi connectivity index (χ3n) is 7.97. The number of nitrogens with two attached hydrogens (primary N) is 1. The first-order valence-corrected chi connectivity index (χ1v) is 22.8. The largest absolute Gasteiger partial charge is 0.481 e. The van der Waals surface area contributed by atoms with Crippen molar-refractivity contribution in [2.45, 2.75) is 83.5 Å². The third kappa shape index (κ3) is 15.8. The molecule has 0 aromatic carbocycles. The van der Waals surface area contributed by atoms with Crippen LogP contribution in [0.5, 0.6) is 0 Å². The number of hydrogen-bond acceptors (Lipinski definition) is 18. The van der Waals surface area contributed by atoms with Crippen LogP contribution in [0.15, 0.2) is 24.8 Å². The number of unbranched alkanes of at least 4 members (excludes halogenated alkanes) is 3. The van der Waals surface area contributed by atoms with E-state index in [1.165, 1.54) is 19.9 Å². The summed E-state index contributed by atoms with van der Waals surface area (Å²) in [5.41, 5.74) is 4.26. The molecular formula is C29H48N7O17P3S. The van der Waals surface area contributed by atoms with Crippen molar-refractivity contribution in [3.05, 3.63) is 24.8 Å². The number of carbonyl (C=O) groups is 3. The zero-order chi connectivity index (χ0) is 42.6. The first kappa shape index (κ1) is 48.7. The van der Waals surface area contributed by atoms with Crippen molar-refractivity contribution >= 4 is 69.1 Å². The molecule has 3 rings (SSSR count). The van der Waals surface area contributed by atoms with Crippen molar-refractivity contribution in [3.8, 4) is 0 Å². The highest BCUT2D eigenvalue weighted by molar-refractivity contribution is 8.14. The van der Waals surface area contributed by atoms with Crippen LogP contribution in [0.4, 0.5) is 5.82 Å². The SMILES string of the molecule is CCCCC/C=C/C(=O)SCCNC(=O)CCNC(=O)[C@@H](O)C(C)(C)COP(=O)(O)OP(=O)(O)OC[C@H]1O[C@@H](n2cnc3c(N)ncnc32)[C@H](O)[C@@H]1OP(=O)(O)O. The lowest BCUT2D eigenvalue weighted by Crippen LogP contribution is -2.46. The molecule has 7 atom stereocenters. The summed E-state index contributed by atoms with van der Waals surface area (Å²) < 4.78 is 62.1. The smallest absolute Gasteiger partial charge is 0.386 e. The first-order valence-electron chi connectivity index (χ1n) is 17.3. The second-order valence-electron chi connectivity index (χ2n) is 13.1. The highest BCUT2D eigenvalue weighted by Gasteiger charge is 2.50. The molecule has 0 bridgehead atoms. The standard InChI is InChI=1S/C29H48N7O17P3S/c1-4-5-6-7-8-9-20(38)57-13-12-31-19(37)10-11-32-27(41)24(40)29(2,3)15-50-56(47,48)53-55(45,46)49-14-18-23(52-54(42,43)44)22(39)28(51-18)36-17-35-21-25(30)33-16-34-26(21)36/h8-9,16-18,22-24,28,39-40H,4-7,10-15H2,1-3H3,(H,31,37)(H,32,41)(H,45,46)(H,47,48)(H2,30,33,34)(H2,42,43,44)/b9-8+/t18-,22-,23-,24-,28-/m1/s1. The maximum atomic E-state index is 12.7. The predicted octanol–water partition coefficient (Wildman–Crippen LogP) is 0.801. The molecule has 2 unspecified atom stereocenters. The summed E-state index contributed by atoms with van der Waals surface area (Å²) in [6.07, 6.45) is 0.413. The van der Waals surface area contributed by atoms with Crippen molar-refractivity contribution in [1.29, 1.82) is 0 Å². The molecule has 2 aromatic rings. The molecule has 1 fully saturated rings. The molecule has 3 heterocycles. The second-order valence-corrected chi connectivity index (χ2v) is 18.5. The van der Waals surface area contributed by atoms with Gasteiger partial charge in [0.25, 0.3) is 0 Å². The van der Waals surface area contributed by atoms with Gasteiger partial charge in [0.1, 0.15) is 36.3 Å². The molecule has 10 N–H and O–H groups in total. The van der Waals surface area contributed by atoms with Gasteiger partial charge in [-0.15, -0.1) is 0 Å². The normalized spacial score (nSPS) is 21.6. The molecule has 57 heavy (non-hydrogen) atoms. The molecule has 322 valence electrons. The Labute approximate surface area is 330 Å². The zero-order valence-corrected chi connectivity index (χ0v) is 34.6. The Morgan fingerprint density at radius 2 is 1.77 bits per heavy atom. The van der Waals surface area contributed by atoms with Crippen molar-refractivity contribution in [2.75, 3.05) is 37.8 Å². The van der Waals surface area contributed by atoms with Crippen molar-refractivity contribution in [3.63, 3.8) is 0 Å². The lowest BCUT2D eigenvalue weighted by Gasteiger charge is -2.30. The molecular weight excluding hydrogens is 843 g/mol. The van der Waals surface area contributed by atoms with Crippen LogP contribution in [0.25, 0.3) is 11.2 Å². The molecule has 28 heteroatoms. The van der Waals surface area contributed by atoms with Crippen LogP contribution in [0.1, 0.15) is 59.1 Å². The number of aliphatic hydroxyl groups is 2. The number of aromatic nitrogens is 4. The number of nitrogens with one attached hydrogen (secondary N) is 2. The van der Waals surface area contributed by atoms with Crippen LogP contribution >= 0.6 is 35.2 Å². The average molecular weight is 892 g/mol. The predicted molar refractivity (Wildman–Crippen MR) is 200 cm³/mol. The van der Waals surface area contributed by atoms with Gasteiger partial charge in [0.2, 0.25) is 16.9 Å². The average Bonchev–Trinajstić information content (AvgIpc) is 3.68. The van der Waals surface area contributed by atoms with Gasteiger partial charge in [0.15, 0.2) is 17.7 Å². The number of hydrogen-bond donors (Lipinski definition) is 9. The van der Waals surface area contributed by atoms with Crippen molar-refractivity contribution < 1.29 is 80.5 Å². The monoisotopic (exact) mass is 891 g/mol. The van der Waals surface area contributed by atoms with Gasteiger partial charge < -0.3 is 50.9 Å². The van der Waals surface area contributed by atoms with E-state index in [0.717, 1.165) is 54.7 Å². The van der Waals surface area contributed by atoms with E-state index >= 15 is 0 Å². The van der Waals surface area contributed by atoms with Gasteiger partial charge in [0, 0.05) is 30.7 Å². The number of carbonyl (C=O) groups excluding carboxylic acids is 3. The number of rotatable bonds is 24. The number of imidazole rings is 1. The number of phosphoric ester groups is 3. The molecule has 0 saturated carbocycles. The van der Waals surface area contributed by atoms with E-state index in [2.05, 4.69) is 41.3 Å². The van der Waals surface area contributed by atoms with Gasteiger partial charge in [0.05, 0.1) is 19.5 Å². The number of fused-ring (bicyclic) bond motifs is 1. The number of thioether (sulfide) groups is 1. The van der Waals surface area contributed by atoms with E-state index in [1.807, 2.05) is 6.08 Å². The van der Waals surface area contributed by atoms with Crippen molar-refractivity contribution in [1.82, 2.24) is 30.2 Å². The number of nitrogens with zero attached hydrogens (tertiary/aromatic N) is 4. The Hall–Kier alpha value is -2.70. The van der Waals surface area contributed by atoms with Gasteiger partial charge in [-0.05, 0) is 18.9 Å². The molecule has 2 amide bonds. The summed E-state index contributed by atoms with van der Waals surface area (Å²) >= 11 is 1.05. The topological polar surface area (TPSA) is 364 Å². The van der Waals surface area contributed by atoms with Crippen LogP contribution in [0, 0.1) is 5.41 Å². The van der Waals surface area contributed by atoms with Crippen LogP contribution in [-0.4, -0.2) is 123 Å². The molecule has 1 aliphatic heterocycles. The van der Waals surface area contributed by atoms with Gasteiger partial charge in [-0.3, -0.25) is 32.5 Å². The van der Waals surface area contributed by atoms with Crippen LogP contribution in [0.2, 0.25) is 0 Å². The molecule has 1 aliphatic rings. The Balaban J connectivity index is 1.46. The minimum absolute atomic E-state index is 0.0310. The summed E-state index contributed by atoms with van der Waals surface area (Å²) in [4.78, 5) is 87.5. The summed E-state index contributed by atoms with van der Waals surface area (Å²) in [5, 5.41) is 26.3. The third-order valence-corrected chi connectivity index (χ3v) is 11.9. The minimum atomic E-state index is -5.57. The van der Waals surface area contributed by atoms with Gasteiger partial charge >= 0.3 is 23.5 Å². The zero-order valence-electron chi connectivity index (χ0n) is 31.1. The maximum Gasteiger partial charge on any atom is 0.481 e. The van der Waals surface area contributed by atoms with Crippen LogP contribution in [0.3, 0.4) is 0 Å². The van der Waals surface area contributed by atoms with Crippen molar-refractivity contribution in [2.24, 2.45) is 5.41 Å². The quantitative estimate of drug-likeness (QED) is 0.0400. The number of phosphoric acid groups is 3. The summed E-state index contributed by atoms with van der Waals surface area (Å²) in [5.74, 6) is -1.11. The number of nitrogen functional groups attached to an aromatic ring is 1. The van der Waals surface area contributed by atoms with Gasteiger partial charge in [-0.1, -0.05) is 51.5 Å². The number of amides is 2. The molecule has 1 saturated heterocycles.